The topological polar surface area (TPSA) is 141 Å². The van der Waals surface area contributed by atoms with Gasteiger partial charge in [-0.05, 0) is 12.1 Å². The van der Waals surface area contributed by atoms with Crippen molar-refractivity contribution in [2.45, 2.75) is 57.1 Å². The first-order valence-corrected chi connectivity index (χ1v) is 10.7. The molecule has 0 bridgehead atoms. The van der Waals surface area contributed by atoms with Crippen molar-refractivity contribution >= 4 is 45.8 Å². The van der Waals surface area contributed by atoms with Gasteiger partial charge in [-0.2, -0.15) is 0 Å². The molecule has 0 N–H and O–H groups in total. The van der Waals surface area contributed by atoms with Crippen molar-refractivity contribution in [2.24, 2.45) is 0 Å². The van der Waals surface area contributed by atoms with Gasteiger partial charge in [-0.15, -0.1) is 0 Å². The second kappa shape index (κ2) is 11.8. The third kappa shape index (κ3) is 7.53. The first-order valence-electron chi connectivity index (χ1n) is 9.75. The van der Waals surface area contributed by atoms with E-state index in [-0.39, 0.29) is 17.9 Å². The van der Waals surface area contributed by atoms with Crippen molar-refractivity contribution in [3.63, 3.8) is 0 Å². The van der Waals surface area contributed by atoms with Crippen LogP contribution in [0.5, 0.6) is 5.75 Å². The molecular formula is C21H23BrO11. The molecule has 0 saturated carbocycles. The largest absolute Gasteiger partial charge is 0.463 e. The molecule has 1 aliphatic rings. The van der Waals surface area contributed by atoms with Crippen LogP contribution in [-0.2, 0) is 42.9 Å². The first kappa shape index (κ1) is 26.3. The molecule has 5 atom stereocenters. The molecule has 1 aliphatic heterocycles. The molecular weight excluding hydrogens is 508 g/mol. The lowest BCUT2D eigenvalue weighted by Crippen LogP contribution is -2.60. The highest BCUT2D eigenvalue weighted by Gasteiger charge is 2.51. The van der Waals surface area contributed by atoms with Crippen molar-refractivity contribution in [3.05, 3.63) is 29.8 Å². The number of ether oxygens (including phenoxy) is 6. The standard InChI is InChI=1S/C21H23BrO11/c1-10(23)28-9-16-18(30-12(3)25)19(31-13(4)26)17(22)21(32-16)33-20(27)14-7-5-6-8-15(14)29-11(2)24/h5-8,16-19,21H,9H2,1-4H3/t16-,17-,18-,19-,21+/m1/s1. The minimum absolute atomic E-state index is 0.0253. The lowest BCUT2D eigenvalue weighted by Gasteiger charge is -2.42. The molecule has 1 saturated heterocycles. The molecule has 33 heavy (non-hydrogen) atoms. The molecule has 1 heterocycles. The second-order valence-corrected chi connectivity index (χ2v) is 7.99. The maximum Gasteiger partial charge on any atom is 0.344 e. The van der Waals surface area contributed by atoms with E-state index in [2.05, 4.69) is 15.9 Å². The van der Waals surface area contributed by atoms with E-state index in [9.17, 15) is 24.0 Å². The Labute approximate surface area is 197 Å². The Hall–Kier alpha value is -2.99. The maximum absolute atomic E-state index is 12.8. The zero-order valence-electron chi connectivity index (χ0n) is 18.3. The van der Waals surface area contributed by atoms with Crippen LogP contribution in [-0.4, -0.2) is 65.9 Å². The predicted octanol–water partition coefficient (Wildman–Crippen LogP) is 1.68. The summed E-state index contributed by atoms with van der Waals surface area (Å²) in [5.74, 6) is -3.58. The Balaban J connectivity index is 2.33. The SMILES string of the molecule is CC(=O)OC[C@H]1O[C@@H](OC(=O)c2ccccc2OC(C)=O)[C@H](Br)[C@@H](OC(C)=O)[C@@H]1OC(C)=O. The molecule has 0 radical (unpaired) electrons. The number of para-hydroxylation sites is 1. The van der Waals surface area contributed by atoms with Gasteiger partial charge < -0.3 is 28.4 Å². The Bertz CT molecular complexity index is 915. The lowest BCUT2D eigenvalue weighted by atomic mass is 10.0. The smallest absolute Gasteiger partial charge is 0.344 e. The molecule has 0 aromatic heterocycles. The van der Waals surface area contributed by atoms with E-state index in [1.165, 1.54) is 26.0 Å². The summed E-state index contributed by atoms with van der Waals surface area (Å²) in [6.07, 6.45) is -4.81. The molecule has 11 nitrogen and oxygen atoms in total. The molecule has 1 aromatic carbocycles. The zero-order valence-corrected chi connectivity index (χ0v) is 19.9. The Morgan fingerprint density at radius 2 is 1.45 bits per heavy atom. The summed E-state index contributed by atoms with van der Waals surface area (Å²) in [7, 11) is 0. The van der Waals surface area contributed by atoms with Crippen molar-refractivity contribution in [1.29, 1.82) is 0 Å². The zero-order chi connectivity index (χ0) is 24.7. The molecule has 0 unspecified atom stereocenters. The van der Waals surface area contributed by atoms with E-state index in [1.807, 2.05) is 0 Å². The number of benzene rings is 1. The second-order valence-electron chi connectivity index (χ2n) is 6.93. The van der Waals surface area contributed by atoms with Gasteiger partial charge in [0.2, 0.25) is 6.29 Å². The molecule has 1 aromatic rings. The fourth-order valence-corrected chi connectivity index (χ4v) is 3.65. The summed E-state index contributed by atoms with van der Waals surface area (Å²) in [4.78, 5) is 57.8. The molecule has 0 aliphatic carbocycles. The molecule has 0 spiro atoms. The molecule has 2 rings (SSSR count). The van der Waals surface area contributed by atoms with Crippen LogP contribution in [0.1, 0.15) is 38.1 Å². The van der Waals surface area contributed by atoms with E-state index in [0.29, 0.717) is 0 Å². The summed E-state index contributed by atoms with van der Waals surface area (Å²) >= 11 is 3.28. The van der Waals surface area contributed by atoms with Crippen LogP contribution in [0.2, 0.25) is 0 Å². The third-order valence-electron chi connectivity index (χ3n) is 4.21. The van der Waals surface area contributed by atoms with Crippen molar-refractivity contribution < 1.29 is 52.4 Å². The molecule has 1 fully saturated rings. The third-order valence-corrected chi connectivity index (χ3v) is 5.16. The van der Waals surface area contributed by atoms with Gasteiger partial charge in [0, 0.05) is 27.7 Å². The Kier molecular flexibility index (Phi) is 9.35. The van der Waals surface area contributed by atoms with Gasteiger partial charge in [-0.3, -0.25) is 19.2 Å². The summed E-state index contributed by atoms with van der Waals surface area (Å²) < 4.78 is 31.8. The van der Waals surface area contributed by atoms with E-state index < -0.39 is 59.3 Å². The van der Waals surface area contributed by atoms with Gasteiger partial charge in [-0.25, -0.2) is 4.79 Å². The fraction of sp³-hybridized carbons (Fsp3) is 0.476. The summed E-state index contributed by atoms with van der Waals surface area (Å²) in [5.41, 5.74) is -0.0568. The van der Waals surface area contributed by atoms with Gasteiger partial charge in [0.15, 0.2) is 12.2 Å². The van der Waals surface area contributed by atoms with Gasteiger partial charge >= 0.3 is 29.8 Å². The van der Waals surface area contributed by atoms with Crippen LogP contribution in [0.4, 0.5) is 0 Å². The van der Waals surface area contributed by atoms with Gasteiger partial charge in [0.25, 0.3) is 0 Å². The van der Waals surface area contributed by atoms with Crippen LogP contribution in [0.25, 0.3) is 0 Å². The van der Waals surface area contributed by atoms with Crippen LogP contribution in [0.3, 0.4) is 0 Å². The number of esters is 5. The van der Waals surface area contributed by atoms with Crippen molar-refractivity contribution in [2.75, 3.05) is 6.61 Å². The van der Waals surface area contributed by atoms with E-state index in [4.69, 9.17) is 28.4 Å². The van der Waals surface area contributed by atoms with Crippen LogP contribution in [0.15, 0.2) is 24.3 Å². The number of carbonyl (C=O) groups is 5. The number of carbonyl (C=O) groups excluding carboxylic acids is 5. The van der Waals surface area contributed by atoms with E-state index >= 15 is 0 Å². The average molecular weight is 531 g/mol. The summed E-state index contributed by atoms with van der Waals surface area (Å²) in [6.45, 7) is 4.28. The first-order chi connectivity index (χ1) is 15.5. The summed E-state index contributed by atoms with van der Waals surface area (Å²) in [5, 5.41) is 0. The summed E-state index contributed by atoms with van der Waals surface area (Å²) in [6, 6.07) is 5.90. The Morgan fingerprint density at radius 3 is 2.03 bits per heavy atom. The van der Waals surface area contributed by atoms with Gasteiger partial charge in [-0.1, -0.05) is 28.1 Å². The average Bonchev–Trinajstić information content (AvgIpc) is 2.70. The normalized spacial score (nSPS) is 24.2. The minimum Gasteiger partial charge on any atom is -0.463 e. The van der Waals surface area contributed by atoms with E-state index in [0.717, 1.165) is 13.8 Å². The van der Waals surface area contributed by atoms with Crippen LogP contribution >= 0.6 is 15.9 Å². The van der Waals surface area contributed by atoms with Crippen LogP contribution in [0, 0.1) is 0 Å². The monoisotopic (exact) mass is 530 g/mol. The predicted molar refractivity (Wildman–Crippen MR) is 112 cm³/mol. The number of alkyl halides is 1. The number of hydrogen-bond donors (Lipinski definition) is 0. The van der Waals surface area contributed by atoms with Crippen molar-refractivity contribution in [1.82, 2.24) is 0 Å². The highest BCUT2D eigenvalue weighted by Crippen LogP contribution is 2.33. The quantitative estimate of drug-likeness (QED) is 0.220. The van der Waals surface area contributed by atoms with Crippen molar-refractivity contribution in [3.8, 4) is 5.75 Å². The Morgan fingerprint density at radius 1 is 0.848 bits per heavy atom. The highest BCUT2D eigenvalue weighted by atomic mass is 79.9. The molecule has 12 heteroatoms. The maximum atomic E-state index is 12.8. The van der Waals surface area contributed by atoms with E-state index in [1.54, 1.807) is 12.1 Å². The number of halogens is 1. The molecule has 180 valence electrons. The van der Waals surface area contributed by atoms with Gasteiger partial charge in [0.1, 0.15) is 28.9 Å². The minimum atomic E-state index is -1.36. The number of rotatable bonds is 7. The molecule has 0 amide bonds. The number of hydrogen-bond acceptors (Lipinski definition) is 11. The lowest BCUT2D eigenvalue weighted by molar-refractivity contribution is -0.247. The van der Waals surface area contributed by atoms with Crippen LogP contribution < -0.4 is 4.74 Å². The fourth-order valence-electron chi connectivity index (χ4n) is 3.01. The van der Waals surface area contributed by atoms with Gasteiger partial charge in [0.05, 0.1) is 0 Å². The highest BCUT2D eigenvalue weighted by molar-refractivity contribution is 9.09.